The van der Waals surface area contributed by atoms with Crippen molar-refractivity contribution in [3.8, 4) is 6.07 Å². The summed E-state index contributed by atoms with van der Waals surface area (Å²) in [6, 6.07) is 2.05. The van der Waals surface area contributed by atoms with Crippen molar-refractivity contribution in [2.75, 3.05) is 31.5 Å². The number of alkyl halides is 3. The van der Waals surface area contributed by atoms with Gasteiger partial charge in [0.1, 0.15) is 11.9 Å². The third-order valence-electron chi connectivity index (χ3n) is 3.72. The molecule has 0 aliphatic carbocycles. The number of nitrogens with zero attached hydrogens (tertiary/aromatic N) is 3. The zero-order chi connectivity index (χ0) is 16.3. The number of aromatic nitrogens is 1. The maximum Gasteiger partial charge on any atom is 0.401 e. The van der Waals surface area contributed by atoms with Gasteiger partial charge in [-0.2, -0.15) is 18.4 Å². The van der Waals surface area contributed by atoms with E-state index in [4.69, 9.17) is 16.9 Å². The lowest BCUT2D eigenvalue weighted by molar-refractivity contribution is -0.143. The quantitative estimate of drug-likeness (QED) is 0.920. The van der Waals surface area contributed by atoms with Crippen molar-refractivity contribution in [3.05, 3.63) is 22.3 Å². The van der Waals surface area contributed by atoms with Crippen molar-refractivity contribution in [1.29, 1.82) is 5.26 Å². The number of halogens is 4. The predicted molar refractivity (Wildman–Crippen MR) is 77.8 cm³/mol. The minimum atomic E-state index is -4.16. The van der Waals surface area contributed by atoms with E-state index in [9.17, 15) is 13.2 Å². The molecule has 1 aliphatic rings. The number of anilines is 1. The van der Waals surface area contributed by atoms with Crippen LogP contribution in [0.25, 0.3) is 0 Å². The lowest BCUT2D eigenvalue weighted by atomic mass is 10.1. The van der Waals surface area contributed by atoms with Crippen LogP contribution < -0.4 is 5.32 Å². The molecule has 1 N–H and O–H groups in total. The Morgan fingerprint density at radius 2 is 2.27 bits per heavy atom. The van der Waals surface area contributed by atoms with E-state index < -0.39 is 12.7 Å². The second-order valence-electron chi connectivity index (χ2n) is 5.45. The molecule has 4 nitrogen and oxygen atoms in total. The first-order valence-corrected chi connectivity index (χ1v) is 7.26. The van der Waals surface area contributed by atoms with Crippen molar-refractivity contribution >= 4 is 17.4 Å². The number of rotatable bonds is 4. The molecule has 2 heterocycles. The molecule has 120 valence electrons. The molecule has 2 rings (SSSR count). The van der Waals surface area contributed by atoms with E-state index in [1.54, 1.807) is 6.92 Å². The number of nitrogens with one attached hydrogen (secondary N) is 1. The average molecular weight is 333 g/mol. The maximum atomic E-state index is 12.4. The number of nitriles is 1. The van der Waals surface area contributed by atoms with Gasteiger partial charge in [0.2, 0.25) is 0 Å². The molecule has 0 saturated carbocycles. The van der Waals surface area contributed by atoms with E-state index in [-0.39, 0.29) is 5.92 Å². The molecule has 0 radical (unpaired) electrons. The molecular formula is C14H16ClF3N4. The summed E-state index contributed by atoms with van der Waals surface area (Å²) in [7, 11) is 0. The van der Waals surface area contributed by atoms with Gasteiger partial charge in [0.25, 0.3) is 0 Å². The van der Waals surface area contributed by atoms with Crippen molar-refractivity contribution < 1.29 is 13.2 Å². The monoisotopic (exact) mass is 332 g/mol. The molecule has 8 heteroatoms. The van der Waals surface area contributed by atoms with Crippen LogP contribution in [0.1, 0.15) is 17.5 Å². The molecule has 1 atom stereocenters. The van der Waals surface area contributed by atoms with Crippen LogP contribution in [0.2, 0.25) is 5.02 Å². The molecule has 0 spiro atoms. The summed E-state index contributed by atoms with van der Waals surface area (Å²) in [5, 5.41) is 12.6. The number of hydrogen-bond acceptors (Lipinski definition) is 4. The van der Waals surface area contributed by atoms with Gasteiger partial charge in [-0.15, -0.1) is 0 Å². The van der Waals surface area contributed by atoms with Gasteiger partial charge in [-0.1, -0.05) is 11.6 Å². The number of pyridine rings is 1. The highest BCUT2D eigenvalue weighted by molar-refractivity contribution is 6.31. The Bertz CT molecular complexity index is 583. The Balaban J connectivity index is 1.93. The Morgan fingerprint density at radius 1 is 1.55 bits per heavy atom. The molecule has 0 aromatic carbocycles. The molecule has 22 heavy (non-hydrogen) atoms. The van der Waals surface area contributed by atoms with Crippen molar-refractivity contribution in [2.45, 2.75) is 19.5 Å². The van der Waals surface area contributed by atoms with Crippen molar-refractivity contribution in [2.24, 2.45) is 5.92 Å². The zero-order valence-electron chi connectivity index (χ0n) is 12.0. The molecule has 1 aromatic rings. The fourth-order valence-electron chi connectivity index (χ4n) is 2.57. The normalized spacial score (nSPS) is 19.2. The minimum absolute atomic E-state index is 0.103. The number of hydrogen-bond donors (Lipinski definition) is 1. The summed E-state index contributed by atoms with van der Waals surface area (Å²) in [6.45, 7) is 2.17. The first-order chi connectivity index (χ1) is 10.3. The lowest BCUT2D eigenvalue weighted by Gasteiger charge is -2.18. The maximum absolute atomic E-state index is 12.4. The predicted octanol–water partition coefficient (Wildman–Crippen LogP) is 3.21. The van der Waals surface area contributed by atoms with Gasteiger partial charge < -0.3 is 5.32 Å². The third-order valence-corrected chi connectivity index (χ3v) is 4.10. The standard InChI is InChI=1S/C14H16ClF3N4/c1-9-11(4-19)13(21-6-12(9)15)20-5-10-2-3-22(7-10)8-14(16,17)18/h6,10H,2-3,5,7-8H2,1H3,(H,20,21). The van der Waals surface area contributed by atoms with E-state index in [0.717, 1.165) is 0 Å². The van der Waals surface area contributed by atoms with Gasteiger partial charge >= 0.3 is 6.18 Å². The van der Waals surface area contributed by atoms with E-state index in [2.05, 4.69) is 16.4 Å². The highest BCUT2D eigenvalue weighted by Crippen LogP contribution is 2.25. The zero-order valence-corrected chi connectivity index (χ0v) is 12.8. The Labute approximate surface area is 131 Å². The van der Waals surface area contributed by atoms with Crippen LogP contribution in [0.3, 0.4) is 0 Å². The molecule has 1 unspecified atom stereocenters. The SMILES string of the molecule is Cc1c(Cl)cnc(NCC2CCN(CC(F)(F)F)C2)c1C#N. The van der Waals surface area contributed by atoms with Gasteiger partial charge in [0, 0.05) is 19.3 Å². The van der Waals surface area contributed by atoms with Crippen LogP contribution in [-0.2, 0) is 0 Å². The largest absolute Gasteiger partial charge is 0.401 e. The highest BCUT2D eigenvalue weighted by atomic mass is 35.5. The highest BCUT2D eigenvalue weighted by Gasteiger charge is 2.34. The Morgan fingerprint density at radius 3 is 2.91 bits per heavy atom. The van der Waals surface area contributed by atoms with Crippen LogP contribution in [0.15, 0.2) is 6.20 Å². The molecule has 1 fully saturated rings. The van der Waals surface area contributed by atoms with Gasteiger partial charge in [-0.25, -0.2) is 4.98 Å². The summed E-state index contributed by atoms with van der Waals surface area (Å²) in [4.78, 5) is 5.49. The van der Waals surface area contributed by atoms with Gasteiger partial charge in [0.05, 0.1) is 17.1 Å². The van der Waals surface area contributed by atoms with E-state index >= 15 is 0 Å². The molecule has 1 aliphatic heterocycles. The Kier molecular flexibility index (Phi) is 5.14. The van der Waals surface area contributed by atoms with E-state index in [0.29, 0.717) is 48.0 Å². The van der Waals surface area contributed by atoms with Crippen molar-refractivity contribution in [1.82, 2.24) is 9.88 Å². The third kappa shape index (κ3) is 4.24. The van der Waals surface area contributed by atoms with Gasteiger partial charge in [-0.05, 0) is 31.4 Å². The minimum Gasteiger partial charge on any atom is -0.369 e. The average Bonchev–Trinajstić information content (AvgIpc) is 2.85. The van der Waals surface area contributed by atoms with Crippen LogP contribution >= 0.6 is 11.6 Å². The molecular weight excluding hydrogens is 317 g/mol. The molecule has 1 aromatic heterocycles. The summed E-state index contributed by atoms with van der Waals surface area (Å²) >= 11 is 5.92. The second kappa shape index (κ2) is 6.71. The lowest BCUT2D eigenvalue weighted by Crippen LogP contribution is -2.33. The van der Waals surface area contributed by atoms with Crippen LogP contribution in [0.4, 0.5) is 19.0 Å². The molecule has 0 bridgehead atoms. The van der Waals surface area contributed by atoms with Crippen molar-refractivity contribution in [3.63, 3.8) is 0 Å². The van der Waals surface area contributed by atoms with Crippen LogP contribution in [0, 0.1) is 24.2 Å². The van der Waals surface area contributed by atoms with Crippen LogP contribution in [0.5, 0.6) is 0 Å². The number of likely N-dealkylation sites (tertiary alicyclic amines) is 1. The van der Waals surface area contributed by atoms with Gasteiger partial charge in [0.15, 0.2) is 0 Å². The summed E-state index contributed by atoms with van der Waals surface area (Å²) < 4.78 is 37.1. The Hall–Kier alpha value is -1.52. The fourth-order valence-corrected chi connectivity index (χ4v) is 2.71. The topological polar surface area (TPSA) is 52.0 Å². The van der Waals surface area contributed by atoms with Crippen LogP contribution in [-0.4, -0.2) is 42.2 Å². The first-order valence-electron chi connectivity index (χ1n) is 6.88. The summed E-state index contributed by atoms with van der Waals surface area (Å²) in [5.74, 6) is 0.533. The molecule has 1 saturated heterocycles. The van der Waals surface area contributed by atoms with E-state index in [1.165, 1.54) is 11.1 Å². The molecule has 0 amide bonds. The second-order valence-corrected chi connectivity index (χ2v) is 5.86. The summed E-state index contributed by atoms with van der Waals surface area (Å²) in [6.07, 6.45) is -2.01. The summed E-state index contributed by atoms with van der Waals surface area (Å²) in [5.41, 5.74) is 1.02. The van der Waals surface area contributed by atoms with Gasteiger partial charge in [-0.3, -0.25) is 4.90 Å². The smallest absolute Gasteiger partial charge is 0.369 e. The van der Waals surface area contributed by atoms with E-state index in [1.807, 2.05) is 0 Å². The fraction of sp³-hybridized carbons (Fsp3) is 0.571. The first kappa shape index (κ1) is 16.8.